The number of aromatic nitrogens is 1. The Kier molecular flexibility index (Phi) is 4.29. The van der Waals surface area contributed by atoms with E-state index in [1.165, 1.54) is 35.8 Å². The number of thiazole rings is 1. The van der Waals surface area contributed by atoms with Gasteiger partial charge < -0.3 is 4.42 Å². The molecule has 0 fully saturated rings. The molecule has 0 aliphatic rings. The van der Waals surface area contributed by atoms with Gasteiger partial charge in [0.2, 0.25) is 5.91 Å². The number of nitrogens with one attached hydrogen (secondary N) is 1. The van der Waals surface area contributed by atoms with Crippen LogP contribution in [0.1, 0.15) is 5.76 Å². The molecule has 0 unspecified atom stereocenters. The first kappa shape index (κ1) is 15.1. The van der Waals surface area contributed by atoms with Crippen LogP contribution in [-0.2, 0) is 4.79 Å². The summed E-state index contributed by atoms with van der Waals surface area (Å²) < 4.78 is 31.2. The Balaban J connectivity index is 1.69. The molecule has 0 aliphatic carbocycles. The molecule has 0 radical (unpaired) electrons. The van der Waals surface area contributed by atoms with Crippen LogP contribution in [0.15, 0.2) is 52.5 Å². The van der Waals surface area contributed by atoms with Crippen LogP contribution in [0, 0.1) is 11.6 Å². The summed E-state index contributed by atoms with van der Waals surface area (Å²) in [6, 6.07) is 6.96. The number of furan rings is 1. The summed E-state index contributed by atoms with van der Waals surface area (Å²) in [6.45, 7) is 0. The second-order valence-corrected chi connectivity index (χ2v) is 5.36. The molecule has 0 bridgehead atoms. The number of hydrogen-bond acceptors (Lipinski definition) is 4. The highest BCUT2D eigenvalue weighted by Gasteiger charge is 2.09. The standard InChI is InChI=1S/C16H10F2N2O2S/c17-12-5-3-10(8-13(12)18)14-9-23-16(19-14)20-15(21)6-4-11-2-1-7-22-11/h1-9H,(H,19,20,21). The van der Waals surface area contributed by atoms with E-state index in [0.29, 0.717) is 22.1 Å². The molecule has 7 heteroatoms. The third-order valence-electron chi connectivity index (χ3n) is 2.89. The third-order valence-corrected chi connectivity index (χ3v) is 3.65. The molecule has 1 N–H and O–H groups in total. The number of hydrogen-bond donors (Lipinski definition) is 1. The Morgan fingerprint density at radius 1 is 1.26 bits per heavy atom. The average molecular weight is 332 g/mol. The van der Waals surface area contributed by atoms with Crippen LogP contribution in [0.4, 0.5) is 13.9 Å². The van der Waals surface area contributed by atoms with Crippen molar-refractivity contribution in [3.63, 3.8) is 0 Å². The molecular formula is C16H10F2N2O2S. The molecule has 1 amide bonds. The van der Waals surface area contributed by atoms with Gasteiger partial charge in [-0.1, -0.05) is 0 Å². The molecule has 3 rings (SSSR count). The lowest BCUT2D eigenvalue weighted by molar-refractivity contribution is -0.111. The van der Waals surface area contributed by atoms with Crippen molar-refractivity contribution in [1.82, 2.24) is 4.98 Å². The molecule has 0 spiro atoms. The Morgan fingerprint density at radius 2 is 2.13 bits per heavy atom. The maximum atomic E-state index is 13.2. The topological polar surface area (TPSA) is 55.1 Å². The van der Waals surface area contributed by atoms with Gasteiger partial charge in [0.05, 0.1) is 12.0 Å². The van der Waals surface area contributed by atoms with E-state index in [1.807, 2.05) is 0 Å². The van der Waals surface area contributed by atoms with E-state index in [9.17, 15) is 13.6 Å². The summed E-state index contributed by atoms with van der Waals surface area (Å²) in [6.07, 6.45) is 4.35. The zero-order valence-corrected chi connectivity index (χ0v) is 12.4. The SMILES string of the molecule is O=C(C=Cc1ccco1)Nc1nc(-c2ccc(F)c(F)c2)cs1. The van der Waals surface area contributed by atoms with Crippen molar-refractivity contribution < 1.29 is 18.0 Å². The fourth-order valence-electron chi connectivity index (χ4n) is 1.81. The Morgan fingerprint density at radius 3 is 2.87 bits per heavy atom. The van der Waals surface area contributed by atoms with Crippen LogP contribution in [0.5, 0.6) is 0 Å². The summed E-state index contributed by atoms with van der Waals surface area (Å²) in [5, 5.41) is 4.60. The van der Waals surface area contributed by atoms with Gasteiger partial charge in [-0.15, -0.1) is 11.3 Å². The molecule has 0 aliphatic heterocycles. The fraction of sp³-hybridized carbons (Fsp3) is 0. The summed E-state index contributed by atoms with van der Waals surface area (Å²) in [5.74, 6) is -1.67. The van der Waals surface area contributed by atoms with E-state index in [0.717, 1.165) is 12.1 Å². The summed E-state index contributed by atoms with van der Waals surface area (Å²) in [5.41, 5.74) is 0.894. The van der Waals surface area contributed by atoms with Crippen LogP contribution in [-0.4, -0.2) is 10.9 Å². The smallest absolute Gasteiger partial charge is 0.250 e. The number of rotatable bonds is 4. The van der Waals surface area contributed by atoms with E-state index >= 15 is 0 Å². The third kappa shape index (κ3) is 3.70. The molecule has 0 saturated heterocycles. The molecule has 2 aromatic heterocycles. The predicted molar refractivity (Wildman–Crippen MR) is 83.8 cm³/mol. The van der Waals surface area contributed by atoms with Gasteiger partial charge >= 0.3 is 0 Å². The first-order valence-corrected chi connectivity index (χ1v) is 7.43. The minimum Gasteiger partial charge on any atom is -0.465 e. The van der Waals surface area contributed by atoms with Gasteiger partial charge in [0.25, 0.3) is 0 Å². The maximum absolute atomic E-state index is 13.2. The summed E-state index contributed by atoms with van der Waals surface area (Å²) in [7, 11) is 0. The van der Waals surface area contributed by atoms with Crippen molar-refractivity contribution in [2.24, 2.45) is 0 Å². The minimum atomic E-state index is -0.942. The van der Waals surface area contributed by atoms with Gasteiger partial charge in [-0.2, -0.15) is 0 Å². The molecule has 3 aromatic rings. The number of carbonyl (C=O) groups is 1. The van der Waals surface area contributed by atoms with Gasteiger partial charge in [0, 0.05) is 17.0 Å². The second-order valence-electron chi connectivity index (χ2n) is 4.50. The van der Waals surface area contributed by atoms with E-state index in [1.54, 1.807) is 17.5 Å². The Hall–Kier alpha value is -2.80. The number of benzene rings is 1. The highest BCUT2D eigenvalue weighted by Crippen LogP contribution is 2.26. The van der Waals surface area contributed by atoms with Crippen LogP contribution >= 0.6 is 11.3 Å². The van der Waals surface area contributed by atoms with Crippen LogP contribution in [0.2, 0.25) is 0 Å². The predicted octanol–water partition coefficient (Wildman–Crippen LogP) is 4.33. The quantitative estimate of drug-likeness (QED) is 0.723. The van der Waals surface area contributed by atoms with Gasteiger partial charge in [-0.05, 0) is 36.4 Å². The lowest BCUT2D eigenvalue weighted by Gasteiger charge is -1.98. The van der Waals surface area contributed by atoms with Gasteiger partial charge in [-0.3, -0.25) is 10.1 Å². The number of amides is 1. The van der Waals surface area contributed by atoms with Crippen molar-refractivity contribution in [2.45, 2.75) is 0 Å². The molecule has 1 aromatic carbocycles. The second kappa shape index (κ2) is 6.53. The summed E-state index contributed by atoms with van der Waals surface area (Å²) >= 11 is 1.19. The van der Waals surface area contributed by atoms with Gasteiger partial charge in [0.1, 0.15) is 5.76 Å². The maximum Gasteiger partial charge on any atom is 0.250 e. The van der Waals surface area contributed by atoms with Crippen LogP contribution in [0.3, 0.4) is 0 Å². The van der Waals surface area contributed by atoms with Crippen molar-refractivity contribution in [3.05, 3.63) is 65.4 Å². The van der Waals surface area contributed by atoms with Crippen molar-refractivity contribution >= 4 is 28.5 Å². The molecule has 2 heterocycles. The van der Waals surface area contributed by atoms with Crippen LogP contribution in [0.25, 0.3) is 17.3 Å². The zero-order valence-electron chi connectivity index (χ0n) is 11.6. The Labute approximate surface area is 134 Å². The number of halogens is 2. The molecule has 0 saturated carbocycles. The number of carbonyl (C=O) groups excluding carboxylic acids is 1. The van der Waals surface area contributed by atoms with Crippen molar-refractivity contribution in [1.29, 1.82) is 0 Å². The normalized spacial score (nSPS) is 11.0. The number of nitrogens with zero attached hydrogens (tertiary/aromatic N) is 1. The molecular weight excluding hydrogens is 322 g/mol. The van der Waals surface area contributed by atoms with Gasteiger partial charge in [-0.25, -0.2) is 13.8 Å². The van der Waals surface area contributed by atoms with E-state index in [-0.39, 0.29) is 5.91 Å². The highest BCUT2D eigenvalue weighted by molar-refractivity contribution is 7.14. The van der Waals surface area contributed by atoms with Crippen LogP contribution < -0.4 is 5.32 Å². The van der Waals surface area contributed by atoms with Gasteiger partial charge in [0.15, 0.2) is 16.8 Å². The van der Waals surface area contributed by atoms with Crippen molar-refractivity contribution in [2.75, 3.05) is 5.32 Å². The molecule has 116 valence electrons. The highest BCUT2D eigenvalue weighted by atomic mass is 32.1. The molecule has 4 nitrogen and oxygen atoms in total. The van der Waals surface area contributed by atoms with E-state index < -0.39 is 11.6 Å². The monoisotopic (exact) mass is 332 g/mol. The lowest BCUT2D eigenvalue weighted by Crippen LogP contribution is -2.07. The summed E-state index contributed by atoms with van der Waals surface area (Å²) in [4.78, 5) is 15.9. The first-order valence-electron chi connectivity index (χ1n) is 6.55. The van der Waals surface area contributed by atoms with E-state index in [4.69, 9.17) is 4.42 Å². The molecule has 0 atom stereocenters. The van der Waals surface area contributed by atoms with E-state index in [2.05, 4.69) is 10.3 Å². The Bertz CT molecular complexity index is 857. The fourth-order valence-corrected chi connectivity index (χ4v) is 2.53. The first-order chi connectivity index (χ1) is 11.1. The average Bonchev–Trinajstić information content (AvgIpc) is 3.19. The largest absolute Gasteiger partial charge is 0.465 e. The molecule has 23 heavy (non-hydrogen) atoms. The van der Waals surface area contributed by atoms with Crippen molar-refractivity contribution in [3.8, 4) is 11.3 Å². The minimum absolute atomic E-state index is 0.360. The lowest BCUT2D eigenvalue weighted by atomic mass is 10.2. The zero-order chi connectivity index (χ0) is 16.2. The number of anilines is 1.